The Bertz CT molecular complexity index is 277. The van der Waals surface area contributed by atoms with Gasteiger partial charge in [-0.25, -0.2) is 0 Å². The summed E-state index contributed by atoms with van der Waals surface area (Å²) in [7, 11) is 0. The third kappa shape index (κ3) is 2.54. The van der Waals surface area contributed by atoms with Crippen LogP contribution in [-0.4, -0.2) is 21.3 Å². The number of nitrogens with one attached hydrogen (secondary N) is 1. The largest absolute Gasteiger partial charge is 0.317 e. The summed E-state index contributed by atoms with van der Waals surface area (Å²) in [5.74, 6) is 2.05. The summed E-state index contributed by atoms with van der Waals surface area (Å²) in [6, 6.07) is 0. The minimum atomic E-state index is 0.848. The van der Waals surface area contributed by atoms with Gasteiger partial charge in [0, 0.05) is 6.54 Å². The molecule has 1 heterocycles. The molecular weight excluding hydrogens is 176 g/mol. The molecule has 0 radical (unpaired) electrons. The van der Waals surface area contributed by atoms with Crippen molar-refractivity contribution < 1.29 is 0 Å². The molecule has 1 aliphatic rings. The van der Waals surface area contributed by atoms with E-state index in [9.17, 15) is 0 Å². The first-order chi connectivity index (χ1) is 6.90. The molecule has 1 fully saturated rings. The maximum absolute atomic E-state index is 4.07. The second-order valence-electron chi connectivity index (χ2n) is 3.94. The monoisotopic (exact) mass is 194 g/mol. The van der Waals surface area contributed by atoms with Gasteiger partial charge in [-0.1, -0.05) is 12.8 Å². The number of aryl methyl sites for hydroxylation is 1. The van der Waals surface area contributed by atoms with E-state index in [0.29, 0.717) is 0 Å². The second kappa shape index (κ2) is 4.55. The van der Waals surface area contributed by atoms with Crippen molar-refractivity contribution in [3.63, 3.8) is 0 Å². The average molecular weight is 194 g/mol. The summed E-state index contributed by atoms with van der Waals surface area (Å²) in [6.07, 6.45) is 5.98. The van der Waals surface area contributed by atoms with Crippen LogP contribution in [0, 0.1) is 5.92 Å². The van der Waals surface area contributed by atoms with Crippen LogP contribution in [0.15, 0.2) is 6.33 Å². The lowest BCUT2D eigenvalue weighted by Gasteiger charge is -2.04. The highest BCUT2D eigenvalue weighted by Gasteiger charge is 2.19. The van der Waals surface area contributed by atoms with Crippen LogP contribution in [0.25, 0.3) is 0 Å². The van der Waals surface area contributed by atoms with Gasteiger partial charge in [-0.3, -0.25) is 0 Å². The highest BCUT2D eigenvalue weighted by atomic mass is 15.3. The number of hydrogen-bond donors (Lipinski definition) is 1. The molecule has 1 aliphatic carbocycles. The summed E-state index contributed by atoms with van der Waals surface area (Å²) in [6.45, 7) is 5.02. The molecule has 0 bridgehead atoms. The molecule has 1 aromatic heterocycles. The van der Waals surface area contributed by atoms with Crippen molar-refractivity contribution in [2.45, 2.75) is 39.3 Å². The van der Waals surface area contributed by atoms with E-state index in [1.807, 2.05) is 0 Å². The van der Waals surface area contributed by atoms with Crippen molar-refractivity contribution in [1.82, 2.24) is 20.1 Å². The zero-order chi connectivity index (χ0) is 9.80. The van der Waals surface area contributed by atoms with Gasteiger partial charge in [0.1, 0.15) is 12.2 Å². The van der Waals surface area contributed by atoms with Crippen LogP contribution in [0.5, 0.6) is 0 Å². The number of hydrogen-bond acceptors (Lipinski definition) is 3. The van der Waals surface area contributed by atoms with E-state index >= 15 is 0 Å². The van der Waals surface area contributed by atoms with Crippen LogP contribution in [0.3, 0.4) is 0 Å². The number of aromatic nitrogens is 3. The maximum Gasteiger partial charge on any atom is 0.146 e. The molecule has 0 spiro atoms. The van der Waals surface area contributed by atoms with Crippen LogP contribution in [0.2, 0.25) is 0 Å². The Balaban J connectivity index is 1.68. The smallest absolute Gasteiger partial charge is 0.146 e. The second-order valence-corrected chi connectivity index (χ2v) is 3.94. The predicted octanol–water partition coefficient (Wildman–Crippen LogP) is 1.19. The Morgan fingerprint density at radius 2 is 2.43 bits per heavy atom. The number of nitrogens with zero attached hydrogens (tertiary/aromatic N) is 3. The number of rotatable bonds is 6. The zero-order valence-electron chi connectivity index (χ0n) is 8.74. The Morgan fingerprint density at radius 1 is 1.57 bits per heavy atom. The summed E-state index contributed by atoms with van der Waals surface area (Å²) >= 11 is 0. The molecule has 0 atom stereocenters. The molecular formula is C10H18N4. The Kier molecular flexibility index (Phi) is 3.14. The van der Waals surface area contributed by atoms with Crippen LogP contribution in [0.1, 0.15) is 32.0 Å². The first-order valence-corrected chi connectivity index (χ1v) is 5.47. The molecule has 0 unspecified atom stereocenters. The first-order valence-electron chi connectivity index (χ1n) is 5.47. The van der Waals surface area contributed by atoms with Crippen molar-refractivity contribution in [2.24, 2.45) is 5.92 Å². The first kappa shape index (κ1) is 9.65. The van der Waals surface area contributed by atoms with Crippen LogP contribution >= 0.6 is 0 Å². The van der Waals surface area contributed by atoms with Gasteiger partial charge in [-0.15, -0.1) is 10.2 Å². The van der Waals surface area contributed by atoms with Crippen molar-refractivity contribution >= 4 is 0 Å². The predicted molar refractivity (Wildman–Crippen MR) is 54.7 cm³/mol. The van der Waals surface area contributed by atoms with Gasteiger partial charge in [-0.2, -0.15) is 0 Å². The molecule has 1 N–H and O–H groups in total. The molecule has 0 aromatic carbocycles. The molecule has 1 aromatic rings. The van der Waals surface area contributed by atoms with Gasteiger partial charge >= 0.3 is 0 Å². The van der Waals surface area contributed by atoms with Crippen LogP contribution < -0.4 is 5.32 Å². The topological polar surface area (TPSA) is 42.7 Å². The molecule has 14 heavy (non-hydrogen) atoms. The minimum Gasteiger partial charge on any atom is -0.317 e. The molecule has 0 aliphatic heterocycles. The van der Waals surface area contributed by atoms with E-state index in [1.54, 1.807) is 6.33 Å². The Morgan fingerprint density at radius 3 is 3.14 bits per heavy atom. The minimum absolute atomic E-state index is 0.848. The van der Waals surface area contributed by atoms with Gasteiger partial charge < -0.3 is 9.88 Å². The van der Waals surface area contributed by atoms with E-state index in [-0.39, 0.29) is 0 Å². The van der Waals surface area contributed by atoms with Crippen molar-refractivity contribution in [1.29, 1.82) is 0 Å². The van der Waals surface area contributed by atoms with Crippen molar-refractivity contribution in [2.75, 3.05) is 6.54 Å². The maximum atomic E-state index is 4.07. The van der Waals surface area contributed by atoms with Crippen LogP contribution in [-0.2, 0) is 13.1 Å². The highest BCUT2D eigenvalue weighted by molar-refractivity contribution is 4.84. The standard InChI is InChI=1S/C10H18N4/c1-2-14-8-12-13-10(14)7-11-6-5-9-3-4-9/h8-9,11H,2-7H2,1H3. The van der Waals surface area contributed by atoms with Crippen molar-refractivity contribution in [3.05, 3.63) is 12.2 Å². The molecule has 2 rings (SSSR count). The lowest BCUT2D eigenvalue weighted by molar-refractivity contribution is 0.576. The van der Waals surface area contributed by atoms with E-state index in [1.165, 1.54) is 19.3 Å². The lowest BCUT2D eigenvalue weighted by atomic mass is 10.3. The fourth-order valence-corrected chi connectivity index (χ4v) is 1.59. The molecule has 78 valence electrons. The molecule has 0 amide bonds. The van der Waals surface area contributed by atoms with Gasteiger partial charge in [0.25, 0.3) is 0 Å². The van der Waals surface area contributed by atoms with Gasteiger partial charge in [0.15, 0.2) is 0 Å². The summed E-state index contributed by atoms with van der Waals surface area (Å²) < 4.78 is 2.07. The molecule has 0 saturated heterocycles. The normalized spacial score (nSPS) is 16.1. The van der Waals surface area contributed by atoms with E-state index in [2.05, 4.69) is 27.0 Å². The van der Waals surface area contributed by atoms with Gasteiger partial charge in [0.2, 0.25) is 0 Å². The fraction of sp³-hybridized carbons (Fsp3) is 0.800. The highest BCUT2D eigenvalue weighted by Crippen LogP contribution is 2.31. The van der Waals surface area contributed by atoms with E-state index in [0.717, 1.165) is 31.4 Å². The third-order valence-electron chi connectivity index (χ3n) is 2.75. The van der Waals surface area contributed by atoms with Gasteiger partial charge in [-0.05, 0) is 25.8 Å². The SMILES string of the molecule is CCn1cnnc1CNCCC1CC1. The summed E-state index contributed by atoms with van der Waals surface area (Å²) in [4.78, 5) is 0. The Labute approximate surface area is 84.7 Å². The van der Waals surface area contributed by atoms with Crippen LogP contribution in [0.4, 0.5) is 0 Å². The lowest BCUT2D eigenvalue weighted by Crippen LogP contribution is -2.18. The molecule has 1 saturated carbocycles. The molecule has 4 nitrogen and oxygen atoms in total. The molecule has 4 heteroatoms. The summed E-state index contributed by atoms with van der Waals surface area (Å²) in [5.41, 5.74) is 0. The summed E-state index contributed by atoms with van der Waals surface area (Å²) in [5, 5.41) is 11.4. The quantitative estimate of drug-likeness (QED) is 0.692. The van der Waals surface area contributed by atoms with E-state index < -0.39 is 0 Å². The van der Waals surface area contributed by atoms with Gasteiger partial charge in [0.05, 0.1) is 6.54 Å². The zero-order valence-corrected chi connectivity index (χ0v) is 8.74. The third-order valence-corrected chi connectivity index (χ3v) is 2.75. The fourth-order valence-electron chi connectivity index (χ4n) is 1.59. The average Bonchev–Trinajstić information content (AvgIpc) is 2.91. The Hall–Kier alpha value is -0.900. The van der Waals surface area contributed by atoms with E-state index in [4.69, 9.17) is 0 Å². The van der Waals surface area contributed by atoms with Crippen molar-refractivity contribution in [3.8, 4) is 0 Å².